The number of amides is 1. The largest absolute Gasteiger partial charge is 0.340 e. The van der Waals surface area contributed by atoms with Crippen LogP contribution >= 0.6 is 0 Å². The van der Waals surface area contributed by atoms with Crippen molar-refractivity contribution in [1.82, 2.24) is 19.0 Å². The Morgan fingerprint density at radius 2 is 1.92 bits per heavy atom. The molecular weight excluding hydrogens is 340 g/mol. The highest BCUT2D eigenvalue weighted by Crippen LogP contribution is 2.41. The lowest BCUT2D eigenvalue weighted by Gasteiger charge is -2.48. The molecule has 0 unspecified atom stereocenters. The Balaban J connectivity index is 1.72. The molecule has 3 rings (SSSR count). The van der Waals surface area contributed by atoms with Crippen molar-refractivity contribution in [3.05, 3.63) is 12.3 Å². The van der Waals surface area contributed by atoms with Crippen molar-refractivity contribution in [3.8, 4) is 0 Å². The maximum absolute atomic E-state index is 12.9. The maximum Gasteiger partial charge on any atom is 0.260 e. The van der Waals surface area contributed by atoms with Gasteiger partial charge in [-0.25, -0.2) is 8.42 Å². The fraction of sp³-hybridized carbons (Fsp3) is 0.765. The summed E-state index contributed by atoms with van der Waals surface area (Å²) in [5.74, 6) is 0.225. The first-order valence-electron chi connectivity index (χ1n) is 9.10. The third-order valence-corrected chi connectivity index (χ3v) is 7.60. The maximum atomic E-state index is 12.9. The second-order valence-corrected chi connectivity index (χ2v) is 9.39. The van der Waals surface area contributed by atoms with Crippen molar-refractivity contribution in [2.24, 2.45) is 5.41 Å². The van der Waals surface area contributed by atoms with Gasteiger partial charge < -0.3 is 4.90 Å². The van der Waals surface area contributed by atoms with Crippen LogP contribution in [0.25, 0.3) is 0 Å². The molecule has 2 fully saturated rings. The second kappa shape index (κ2) is 6.72. The lowest BCUT2D eigenvalue weighted by Crippen LogP contribution is -2.54. The number of hydrogen-bond donors (Lipinski definition) is 0. The molecule has 0 radical (unpaired) electrons. The summed E-state index contributed by atoms with van der Waals surface area (Å²) in [5.41, 5.74) is 0.0647. The predicted octanol–water partition coefficient (Wildman–Crippen LogP) is 1.70. The van der Waals surface area contributed by atoms with Crippen LogP contribution in [0.2, 0.25) is 0 Å². The number of piperidine rings is 2. The van der Waals surface area contributed by atoms with Gasteiger partial charge in [0.25, 0.3) is 10.0 Å². The van der Waals surface area contributed by atoms with Crippen LogP contribution in [0.1, 0.15) is 46.5 Å². The molecule has 3 heterocycles. The van der Waals surface area contributed by atoms with Crippen molar-refractivity contribution >= 4 is 15.9 Å². The summed E-state index contributed by atoms with van der Waals surface area (Å²) in [6, 6.07) is 1.77. The molecule has 1 aromatic heterocycles. The van der Waals surface area contributed by atoms with E-state index in [0.717, 1.165) is 25.8 Å². The molecule has 0 atom stereocenters. The van der Waals surface area contributed by atoms with Gasteiger partial charge in [0.1, 0.15) is 0 Å². The van der Waals surface area contributed by atoms with Crippen LogP contribution in [0.5, 0.6) is 0 Å². The molecule has 2 saturated heterocycles. The van der Waals surface area contributed by atoms with E-state index in [1.807, 2.05) is 25.7 Å². The van der Waals surface area contributed by atoms with Gasteiger partial charge in [0.2, 0.25) is 5.91 Å². The smallest absolute Gasteiger partial charge is 0.260 e. The number of aryl methyl sites for hydroxylation is 1. The first-order chi connectivity index (χ1) is 11.8. The summed E-state index contributed by atoms with van der Waals surface area (Å²) in [7, 11) is -3.50. The lowest BCUT2D eigenvalue weighted by molar-refractivity contribution is -0.141. The number of aromatic nitrogens is 2. The van der Waals surface area contributed by atoms with Crippen molar-refractivity contribution in [3.63, 3.8) is 0 Å². The summed E-state index contributed by atoms with van der Waals surface area (Å²) < 4.78 is 29.0. The Morgan fingerprint density at radius 1 is 1.24 bits per heavy atom. The minimum atomic E-state index is -3.50. The van der Waals surface area contributed by atoms with Gasteiger partial charge in [0.15, 0.2) is 5.03 Å². The summed E-state index contributed by atoms with van der Waals surface area (Å²) in [6.07, 6.45) is 4.60. The Bertz CT molecular complexity index is 733. The lowest BCUT2D eigenvalue weighted by atomic mass is 9.72. The SMILES string of the molecule is CCn1nccc1S(=O)(=O)N1CCC2(CCC(=O)N(C(C)C)C2)CC1. The molecule has 1 spiro atoms. The van der Waals surface area contributed by atoms with Gasteiger partial charge in [-0.05, 0) is 51.5 Å². The normalized spacial score (nSPS) is 22.1. The highest BCUT2D eigenvalue weighted by molar-refractivity contribution is 7.89. The van der Waals surface area contributed by atoms with Crippen LogP contribution in [0, 0.1) is 5.41 Å². The van der Waals surface area contributed by atoms with E-state index in [4.69, 9.17) is 0 Å². The van der Waals surface area contributed by atoms with Crippen LogP contribution in [0.3, 0.4) is 0 Å². The summed E-state index contributed by atoms with van der Waals surface area (Å²) in [4.78, 5) is 14.1. The molecule has 2 aliphatic heterocycles. The van der Waals surface area contributed by atoms with Gasteiger partial charge in [0.05, 0.1) is 6.20 Å². The van der Waals surface area contributed by atoms with E-state index in [2.05, 4.69) is 5.10 Å². The average molecular weight is 369 g/mol. The standard InChI is InChI=1S/C17H28N4O3S/c1-4-21-16(6-10-18-21)25(23,24)19-11-8-17(9-12-19)7-5-15(22)20(13-17)14(2)3/h6,10,14H,4-5,7-9,11-13H2,1-3H3. The number of likely N-dealkylation sites (tertiary alicyclic amines) is 1. The molecule has 0 saturated carbocycles. The first kappa shape index (κ1) is 18.4. The van der Waals surface area contributed by atoms with Crippen LogP contribution in [-0.2, 0) is 21.4 Å². The summed E-state index contributed by atoms with van der Waals surface area (Å²) in [6.45, 7) is 8.28. The van der Waals surface area contributed by atoms with E-state index < -0.39 is 10.0 Å². The molecule has 0 N–H and O–H groups in total. The molecular formula is C17H28N4O3S. The minimum absolute atomic E-state index is 0.0647. The van der Waals surface area contributed by atoms with Crippen molar-refractivity contribution in [2.45, 2.75) is 64.1 Å². The highest BCUT2D eigenvalue weighted by Gasteiger charge is 2.44. The quantitative estimate of drug-likeness (QED) is 0.811. The number of rotatable bonds is 4. The predicted molar refractivity (Wildman–Crippen MR) is 94.4 cm³/mol. The fourth-order valence-corrected chi connectivity index (χ4v) is 5.64. The van der Waals surface area contributed by atoms with E-state index in [1.54, 1.807) is 10.4 Å². The van der Waals surface area contributed by atoms with Crippen molar-refractivity contribution in [1.29, 1.82) is 0 Å². The third-order valence-electron chi connectivity index (χ3n) is 5.68. The Hall–Kier alpha value is -1.41. The molecule has 0 bridgehead atoms. The van der Waals surface area contributed by atoms with Gasteiger partial charge in [-0.2, -0.15) is 9.40 Å². The number of sulfonamides is 1. The molecule has 8 heteroatoms. The molecule has 7 nitrogen and oxygen atoms in total. The molecule has 1 amide bonds. The molecule has 0 aromatic carbocycles. The van der Waals surface area contributed by atoms with E-state index in [-0.39, 0.29) is 22.4 Å². The number of carbonyl (C=O) groups excluding carboxylic acids is 1. The fourth-order valence-electron chi connectivity index (χ4n) is 4.03. The molecule has 25 heavy (non-hydrogen) atoms. The van der Waals surface area contributed by atoms with E-state index in [9.17, 15) is 13.2 Å². The second-order valence-electron chi connectivity index (χ2n) is 7.50. The number of carbonyl (C=O) groups is 1. The van der Waals surface area contributed by atoms with E-state index in [1.165, 1.54) is 10.9 Å². The number of nitrogens with zero attached hydrogens (tertiary/aromatic N) is 4. The third kappa shape index (κ3) is 3.33. The molecule has 140 valence electrons. The van der Waals surface area contributed by atoms with Gasteiger partial charge in [-0.15, -0.1) is 0 Å². The van der Waals surface area contributed by atoms with Gasteiger partial charge in [-0.3, -0.25) is 9.48 Å². The van der Waals surface area contributed by atoms with Crippen molar-refractivity contribution in [2.75, 3.05) is 19.6 Å². The van der Waals surface area contributed by atoms with Crippen molar-refractivity contribution < 1.29 is 13.2 Å². The van der Waals surface area contributed by atoms with Crippen LogP contribution in [-0.4, -0.2) is 59.0 Å². The first-order valence-corrected chi connectivity index (χ1v) is 10.5. The summed E-state index contributed by atoms with van der Waals surface area (Å²) in [5, 5.41) is 4.36. The Kier molecular flexibility index (Phi) is 4.94. The Morgan fingerprint density at radius 3 is 2.52 bits per heavy atom. The molecule has 0 aliphatic carbocycles. The van der Waals surface area contributed by atoms with Crippen LogP contribution in [0.4, 0.5) is 0 Å². The van der Waals surface area contributed by atoms with E-state index in [0.29, 0.717) is 26.1 Å². The minimum Gasteiger partial charge on any atom is -0.340 e. The summed E-state index contributed by atoms with van der Waals surface area (Å²) >= 11 is 0. The van der Waals surface area contributed by atoms with Gasteiger partial charge in [0, 0.05) is 38.6 Å². The monoisotopic (exact) mass is 368 g/mol. The van der Waals surface area contributed by atoms with Crippen LogP contribution in [0.15, 0.2) is 17.3 Å². The van der Waals surface area contributed by atoms with E-state index >= 15 is 0 Å². The average Bonchev–Trinajstić information content (AvgIpc) is 3.07. The topological polar surface area (TPSA) is 75.5 Å². The van der Waals surface area contributed by atoms with Gasteiger partial charge in [-0.1, -0.05) is 0 Å². The Labute approximate surface area is 150 Å². The zero-order valence-electron chi connectivity index (χ0n) is 15.3. The van der Waals surface area contributed by atoms with Crippen LogP contribution < -0.4 is 0 Å². The zero-order valence-corrected chi connectivity index (χ0v) is 16.1. The zero-order chi connectivity index (χ0) is 18.2. The molecule has 1 aromatic rings. The highest BCUT2D eigenvalue weighted by atomic mass is 32.2. The van der Waals surface area contributed by atoms with Gasteiger partial charge >= 0.3 is 0 Å². The number of hydrogen-bond acceptors (Lipinski definition) is 4. The molecule has 2 aliphatic rings.